The van der Waals surface area contributed by atoms with Crippen LogP contribution in [0.15, 0.2) is 36.8 Å². The molecule has 0 radical (unpaired) electrons. The smallest absolute Gasteiger partial charge is 0.221 e. The predicted octanol–water partition coefficient (Wildman–Crippen LogP) is 1.87. The predicted molar refractivity (Wildman–Crippen MR) is 66.8 cm³/mol. The van der Waals surface area contributed by atoms with Crippen molar-refractivity contribution < 1.29 is 4.74 Å². The SMILES string of the molecule is CNCc1cncc(-c2cccnc2OC)c1. The first-order valence-electron chi connectivity index (χ1n) is 5.43. The van der Waals surface area contributed by atoms with E-state index in [-0.39, 0.29) is 0 Å². The Kier molecular flexibility index (Phi) is 3.67. The molecule has 0 unspecified atom stereocenters. The van der Waals surface area contributed by atoms with Crippen LogP contribution < -0.4 is 10.1 Å². The molecule has 1 N–H and O–H groups in total. The molecule has 0 amide bonds. The highest BCUT2D eigenvalue weighted by Gasteiger charge is 2.06. The van der Waals surface area contributed by atoms with Crippen molar-refractivity contribution in [3.8, 4) is 17.0 Å². The fraction of sp³-hybridized carbons (Fsp3) is 0.231. The van der Waals surface area contributed by atoms with Gasteiger partial charge in [0, 0.05) is 36.3 Å². The van der Waals surface area contributed by atoms with Gasteiger partial charge in [0.05, 0.1) is 7.11 Å². The minimum Gasteiger partial charge on any atom is -0.481 e. The molecule has 4 nitrogen and oxygen atoms in total. The first-order valence-corrected chi connectivity index (χ1v) is 5.43. The molecule has 88 valence electrons. The van der Waals surface area contributed by atoms with Crippen molar-refractivity contribution in [1.29, 1.82) is 0 Å². The number of aromatic nitrogens is 2. The topological polar surface area (TPSA) is 47.0 Å². The van der Waals surface area contributed by atoms with Crippen LogP contribution >= 0.6 is 0 Å². The van der Waals surface area contributed by atoms with Crippen LogP contribution in [0.1, 0.15) is 5.56 Å². The lowest BCUT2D eigenvalue weighted by atomic mass is 10.1. The van der Waals surface area contributed by atoms with Crippen molar-refractivity contribution in [3.63, 3.8) is 0 Å². The van der Waals surface area contributed by atoms with E-state index < -0.39 is 0 Å². The van der Waals surface area contributed by atoms with Crippen molar-refractivity contribution >= 4 is 0 Å². The monoisotopic (exact) mass is 229 g/mol. The van der Waals surface area contributed by atoms with E-state index in [9.17, 15) is 0 Å². The first-order chi connectivity index (χ1) is 8.35. The van der Waals surface area contributed by atoms with Crippen molar-refractivity contribution in [2.24, 2.45) is 0 Å². The van der Waals surface area contributed by atoms with Gasteiger partial charge in [0.15, 0.2) is 0 Å². The number of ether oxygens (including phenoxy) is 1. The zero-order valence-electron chi connectivity index (χ0n) is 9.97. The van der Waals surface area contributed by atoms with Crippen LogP contribution in [0, 0.1) is 0 Å². The van der Waals surface area contributed by atoms with Crippen LogP contribution in [0.25, 0.3) is 11.1 Å². The lowest BCUT2D eigenvalue weighted by molar-refractivity contribution is 0.399. The number of nitrogens with one attached hydrogen (secondary N) is 1. The third-order valence-corrected chi connectivity index (χ3v) is 2.45. The molecular formula is C13H15N3O. The fourth-order valence-corrected chi connectivity index (χ4v) is 1.71. The van der Waals surface area contributed by atoms with E-state index in [1.54, 1.807) is 13.3 Å². The summed E-state index contributed by atoms with van der Waals surface area (Å²) in [5.41, 5.74) is 3.11. The molecule has 2 aromatic heterocycles. The van der Waals surface area contributed by atoms with Gasteiger partial charge in [-0.1, -0.05) is 0 Å². The minimum absolute atomic E-state index is 0.621. The van der Waals surface area contributed by atoms with Crippen molar-refractivity contribution in [2.45, 2.75) is 6.54 Å². The van der Waals surface area contributed by atoms with Crippen molar-refractivity contribution in [2.75, 3.05) is 14.2 Å². The molecule has 4 heteroatoms. The van der Waals surface area contributed by atoms with Crippen molar-refractivity contribution in [1.82, 2.24) is 15.3 Å². The average molecular weight is 229 g/mol. The summed E-state index contributed by atoms with van der Waals surface area (Å²) >= 11 is 0. The number of rotatable bonds is 4. The molecule has 0 aromatic carbocycles. The van der Waals surface area contributed by atoms with Crippen LogP contribution in [-0.4, -0.2) is 24.1 Å². The number of hydrogen-bond acceptors (Lipinski definition) is 4. The van der Waals surface area contributed by atoms with E-state index >= 15 is 0 Å². The highest BCUT2D eigenvalue weighted by molar-refractivity contribution is 5.68. The molecule has 0 saturated heterocycles. The Balaban J connectivity index is 2.41. The largest absolute Gasteiger partial charge is 0.481 e. The van der Waals surface area contributed by atoms with E-state index in [1.807, 2.05) is 31.6 Å². The van der Waals surface area contributed by atoms with Gasteiger partial charge in [0.2, 0.25) is 5.88 Å². The molecule has 2 aromatic rings. The summed E-state index contributed by atoms with van der Waals surface area (Å²) in [6.45, 7) is 0.795. The summed E-state index contributed by atoms with van der Waals surface area (Å²) in [5.74, 6) is 0.621. The van der Waals surface area contributed by atoms with Crippen LogP contribution in [0.3, 0.4) is 0 Å². The Morgan fingerprint density at radius 2 is 2.24 bits per heavy atom. The van der Waals surface area contributed by atoms with Crippen LogP contribution in [-0.2, 0) is 6.54 Å². The molecule has 2 heterocycles. The van der Waals surface area contributed by atoms with E-state index in [1.165, 1.54) is 0 Å². The lowest BCUT2D eigenvalue weighted by Crippen LogP contribution is -2.05. The Morgan fingerprint density at radius 3 is 3.00 bits per heavy atom. The van der Waals surface area contributed by atoms with E-state index in [0.29, 0.717) is 5.88 Å². The Bertz CT molecular complexity index is 500. The highest BCUT2D eigenvalue weighted by Crippen LogP contribution is 2.27. The van der Waals surface area contributed by atoms with Crippen molar-refractivity contribution in [3.05, 3.63) is 42.4 Å². The maximum atomic E-state index is 5.25. The van der Waals surface area contributed by atoms with Gasteiger partial charge in [0.1, 0.15) is 0 Å². The quantitative estimate of drug-likeness (QED) is 0.869. The van der Waals surface area contributed by atoms with Gasteiger partial charge >= 0.3 is 0 Å². The summed E-state index contributed by atoms with van der Waals surface area (Å²) in [6, 6.07) is 5.96. The average Bonchev–Trinajstić information content (AvgIpc) is 2.39. The number of pyridine rings is 2. The zero-order chi connectivity index (χ0) is 12.1. The summed E-state index contributed by atoms with van der Waals surface area (Å²) in [7, 11) is 3.54. The Hall–Kier alpha value is -1.94. The van der Waals surface area contributed by atoms with Gasteiger partial charge in [-0.05, 0) is 30.8 Å². The molecule has 0 fully saturated rings. The van der Waals surface area contributed by atoms with Crippen LogP contribution in [0.2, 0.25) is 0 Å². The molecule has 0 aliphatic heterocycles. The molecule has 17 heavy (non-hydrogen) atoms. The zero-order valence-corrected chi connectivity index (χ0v) is 9.97. The summed E-state index contributed by atoms with van der Waals surface area (Å²) in [5, 5.41) is 3.10. The molecule has 0 spiro atoms. The molecule has 0 saturated carbocycles. The third-order valence-electron chi connectivity index (χ3n) is 2.45. The summed E-state index contributed by atoms with van der Waals surface area (Å²) < 4.78 is 5.25. The minimum atomic E-state index is 0.621. The van der Waals surface area contributed by atoms with Gasteiger partial charge < -0.3 is 10.1 Å². The third kappa shape index (κ3) is 2.60. The van der Waals surface area contributed by atoms with Gasteiger partial charge in [0.25, 0.3) is 0 Å². The van der Waals surface area contributed by atoms with Gasteiger partial charge in [-0.3, -0.25) is 4.98 Å². The Morgan fingerprint density at radius 1 is 1.35 bits per heavy atom. The van der Waals surface area contributed by atoms with E-state index in [4.69, 9.17) is 4.74 Å². The van der Waals surface area contributed by atoms with Gasteiger partial charge in [-0.2, -0.15) is 0 Å². The number of methoxy groups -OCH3 is 1. The van der Waals surface area contributed by atoms with E-state index in [2.05, 4.69) is 21.4 Å². The van der Waals surface area contributed by atoms with Crippen LogP contribution in [0.4, 0.5) is 0 Å². The normalized spacial score (nSPS) is 10.2. The first kappa shape index (κ1) is 11.5. The highest BCUT2D eigenvalue weighted by atomic mass is 16.5. The number of nitrogens with zero attached hydrogens (tertiary/aromatic N) is 2. The fourth-order valence-electron chi connectivity index (χ4n) is 1.71. The molecule has 0 atom stereocenters. The molecular weight excluding hydrogens is 214 g/mol. The standard InChI is InChI=1S/C13H15N3O/c1-14-7-10-6-11(9-15-8-10)12-4-3-5-16-13(12)17-2/h3-6,8-9,14H,7H2,1-2H3. The maximum absolute atomic E-state index is 5.25. The second-order valence-corrected chi connectivity index (χ2v) is 3.67. The lowest BCUT2D eigenvalue weighted by Gasteiger charge is -2.08. The second-order valence-electron chi connectivity index (χ2n) is 3.67. The maximum Gasteiger partial charge on any atom is 0.221 e. The van der Waals surface area contributed by atoms with E-state index in [0.717, 1.165) is 23.2 Å². The second kappa shape index (κ2) is 5.41. The summed E-state index contributed by atoms with van der Waals surface area (Å²) in [6.07, 6.45) is 5.38. The molecule has 0 aliphatic carbocycles. The number of hydrogen-bond donors (Lipinski definition) is 1. The van der Waals surface area contributed by atoms with Crippen LogP contribution in [0.5, 0.6) is 5.88 Å². The molecule has 2 rings (SSSR count). The molecule has 0 aliphatic rings. The Labute approximate surface area is 101 Å². The van der Waals surface area contributed by atoms with Gasteiger partial charge in [-0.15, -0.1) is 0 Å². The summed E-state index contributed by atoms with van der Waals surface area (Å²) in [4.78, 5) is 8.42. The molecule has 0 bridgehead atoms. The van der Waals surface area contributed by atoms with Gasteiger partial charge in [-0.25, -0.2) is 4.98 Å².